The summed E-state index contributed by atoms with van der Waals surface area (Å²) in [5.74, 6) is 0. The molecule has 0 saturated heterocycles. The average Bonchev–Trinajstić information content (AvgIpc) is 2.81. The van der Waals surface area contributed by atoms with Crippen LogP contribution in [0.4, 0.5) is 0 Å². The van der Waals surface area contributed by atoms with Crippen molar-refractivity contribution in [2.24, 2.45) is 0 Å². The van der Waals surface area contributed by atoms with E-state index in [-0.39, 0.29) is 10.9 Å². The van der Waals surface area contributed by atoms with E-state index in [9.17, 15) is 8.42 Å². The number of imidazole rings is 1. The average molecular weight is 344 g/mol. The Labute approximate surface area is 120 Å². The van der Waals surface area contributed by atoms with Crippen LogP contribution in [-0.2, 0) is 16.6 Å². The molecule has 0 saturated carbocycles. The molecule has 1 aromatic carbocycles. The summed E-state index contributed by atoms with van der Waals surface area (Å²) in [6, 6.07) is 6.40. The van der Waals surface area contributed by atoms with Gasteiger partial charge in [0.2, 0.25) is 10.0 Å². The Bertz CT molecular complexity index is 641. The molecule has 102 valence electrons. The SMILES string of the molecule is CC(Cn1ccnc1)NS(=O)(=O)c1cccc(Br)c1. The first-order valence-corrected chi connectivity index (χ1v) is 7.98. The summed E-state index contributed by atoms with van der Waals surface area (Å²) >= 11 is 3.26. The van der Waals surface area contributed by atoms with Crippen molar-refractivity contribution < 1.29 is 8.42 Å². The third-order valence-electron chi connectivity index (χ3n) is 2.51. The molecule has 0 spiro atoms. The lowest BCUT2D eigenvalue weighted by Crippen LogP contribution is -2.35. The second-order valence-electron chi connectivity index (χ2n) is 4.24. The summed E-state index contributed by atoms with van der Waals surface area (Å²) in [4.78, 5) is 4.17. The first-order valence-electron chi connectivity index (χ1n) is 5.71. The fourth-order valence-corrected chi connectivity index (χ4v) is 3.55. The van der Waals surface area contributed by atoms with Crippen molar-refractivity contribution in [1.82, 2.24) is 14.3 Å². The lowest BCUT2D eigenvalue weighted by molar-refractivity contribution is 0.520. The maximum atomic E-state index is 12.2. The van der Waals surface area contributed by atoms with Crippen LogP contribution in [-0.4, -0.2) is 24.0 Å². The second-order valence-corrected chi connectivity index (χ2v) is 6.87. The van der Waals surface area contributed by atoms with Crippen molar-refractivity contribution >= 4 is 26.0 Å². The Morgan fingerprint density at radius 1 is 1.47 bits per heavy atom. The van der Waals surface area contributed by atoms with E-state index >= 15 is 0 Å². The van der Waals surface area contributed by atoms with Crippen molar-refractivity contribution in [2.45, 2.75) is 24.4 Å². The van der Waals surface area contributed by atoms with Crippen LogP contribution in [0.1, 0.15) is 6.92 Å². The van der Waals surface area contributed by atoms with Gasteiger partial charge in [-0.1, -0.05) is 22.0 Å². The highest BCUT2D eigenvalue weighted by Gasteiger charge is 2.17. The van der Waals surface area contributed by atoms with Gasteiger partial charge in [-0.2, -0.15) is 0 Å². The fourth-order valence-electron chi connectivity index (χ4n) is 1.72. The molecule has 0 fully saturated rings. The molecule has 2 rings (SSSR count). The van der Waals surface area contributed by atoms with Gasteiger partial charge in [0.1, 0.15) is 0 Å². The van der Waals surface area contributed by atoms with E-state index in [0.717, 1.165) is 4.47 Å². The molecule has 0 amide bonds. The Hall–Kier alpha value is -1.18. The summed E-state index contributed by atoms with van der Waals surface area (Å²) < 4.78 is 29.5. The van der Waals surface area contributed by atoms with Gasteiger partial charge < -0.3 is 4.57 Å². The first-order chi connectivity index (χ1) is 8.97. The monoisotopic (exact) mass is 343 g/mol. The van der Waals surface area contributed by atoms with Gasteiger partial charge in [-0.3, -0.25) is 0 Å². The van der Waals surface area contributed by atoms with E-state index in [1.165, 1.54) is 0 Å². The molecule has 19 heavy (non-hydrogen) atoms. The lowest BCUT2D eigenvalue weighted by atomic mass is 10.4. The molecule has 0 bridgehead atoms. The number of rotatable bonds is 5. The summed E-state index contributed by atoms with van der Waals surface area (Å²) in [6.07, 6.45) is 5.11. The van der Waals surface area contributed by atoms with Gasteiger partial charge in [0, 0.05) is 29.5 Å². The van der Waals surface area contributed by atoms with Crippen molar-refractivity contribution in [2.75, 3.05) is 0 Å². The number of halogens is 1. The molecule has 0 aliphatic carbocycles. The molecule has 1 heterocycles. The van der Waals surface area contributed by atoms with Gasteiger partial charge in [-0.15, -0.1) is 0 Å². The predicted octanol–water partition coefficient (Wildman–Crippen LogP) is 2.01. The number of sulfonamides is 1. The smallest absolute Gasteiger partial charge is 0.240 e. The van der Waals surface area contributed by atoms with Gasteiger partial charge in [0.15, 0.2) is 0 Å². The molecule has 1 N–H and O–H groups in total. The minimum absolute atomic E-state index is 0.224. The van der Waals surface area contributed by atoms with Crippen LogP contribution in [0.3, 0.4) is 0 Å². The number of nitrogens with zero attached hydrogens (tertiary/aromatic N) is 2. The fraction of sp³-hybridized carbons (Fsp3) is 0.250. The highest BCUT2D eigenvalue weighted by molar-refractivity contribution is 9.10. The Balaban J connectivity index is 2.09. The van der Waals surface area contributed by atoms with Crippen LogP contribution in [0.5, 0.6) is 0 Å². The Morgan fingerprint density at radius 3 is 2.89 bits per heavy atom. The summed E-state index contributed by atoms with van der Waals surface area (Å²) in [5, 5.41) is 0. The van der Waals surface area contributed by atoms with Gasteiger partial charge in [0.05, 0.1) is 11.2 Å². The predicted molar refractivity (Wildman–Crippen MR) is 76.2 cm³/mol. The summed E-state index contributed by atoms with van der Waals surface area (Å²) in [7, 11) is -3.50. The number of hydrogen-bond donors (Lipinski definition) is 1. The lowest BCUT2D eigenvalue weighted by Gasteiger charge is -2.14. The van der Waals surface area contributed by atoms with Gasteiger partial charge in [-0.05, 0) is 25.1 Å². The third kappa shape index (κ3) is 3.89. The third-order valence-corrected chi connectivity index (χ3v) is 4.59. The molecule has 0 aliphatic rings. The van der Waals surface area contributed by atoms with Crippen molar-refractivity contribution in [1.29, 1.82) is 0 Å². The summed E-state index contributed by atoms with van der Waals surface area (Å²) in [6.45, 7) is 2.35. The van der Waals surface area contributed by atoms with Crippen LogP contribution in [0.25, 0.3) is 0 Å². The quantitative estimate of drug-likeness (QED) is 0.903. The van der Waals surface area contributed by atoms with E-state index in [1.54, 1.807) is 43.0 Å². The van der Waals surface area contributed by atoms with E-state index in [0.29, 0.717) is 6.54 Å². The van der Waals surface area contributed by atoms with Crippen molar-refractivity contribution in [3.05, 3.63) is 47.5 Å². The first kappa shape index (κ1) is 14.2. The number of nitrogens with one attached hydrogen (secondary N) is 1. The number of benzene rings is 1. The molecule has 5 nitrogen and oxygen atoms in total. The summed E-state index contributed by atoms with van der Waals surface area (Å²) in [5.41, 5.74) is 0. The van der Waals surface area contributed by atoms with Crippen LogP contribution in [0.2, 0.25) is 0 Å². The molecule has 1 unspecified atom stereocenters. The van der Waals surface area contributed by atoms with Crippen LogP contribution in [0, 0.1) is 0 Å². The van der Waals surface area contributed by atoms with Crippen molar-refractivity contribution in [3.8, 4) is 0 Å². The maximum absolute atomic E-state index is 12.2. The maximum Gasteiger partial charge on any atom is 0.240 e. The molecular formula is C12H14BrN3O2S. The minimum atomic E-state index is -3.50. The van der Waals surface area contributed by atoms with Crippen LogP contribution in [0.15, 0.2) is 52.4 Å². The highest BCUT2D eigenvalue weighted by Crippen LogP contribution is 2.16. The molecule has 1 atom stereocenters. The van der Waals surface area contributed by atoms with Crippen LogP contribution < -0.4 is 4.72 Å². The van der Waals surface area contributed by atoms with Gasteiger partial charge in [0.25, 0.3) is 0 Å². The number of aromatic nitrogens is 2. The molecule has 1 aromatic heterocycles. The van der Waals surface area contributed by atoms with E-state index in [2.05, 4.69) is 25.6 Å². The minimum Gasteiger partial charge on any atom is -0.336 e. The second kappa shape index (κ2) is 5.85. The van der Waals surface area contributed by atoms with Crippen LogP contribution >= 0.6 is 15.9 Å². The Kier molecular flexibility index (Phi) is 4.38. The molecule has 0 radical (unpaired) electrons. The largest absolute Gasteiger partial charge is 0.336 e. The molecule has 7 heteroatoms. The highest BCUT2D eigenvalue weighted by atomic mass is 79.9. The van der Waals surface area contributed by atoms with E-state index < -0.39 is 10.0 Å². The Morgan fingerprint density at radius 2 is 2.26 bits per heavy atom. The van der Waals surface area contributed by atoms with E-state index in [1.807, 2.05) is 11.5 Å². The molecule has 2 aromatic rings. The van der Waals surface area contributed by atoms with Gasteiger partial charge >= 0.3 is 0 Å². The zero-order chi connectivity index (χ0) is 13.9. The molecule has 0 aliphatic heterocycles. The number of hydrogen-bond acceptors (Lipinski definition) is 3. The van der Waals surface area contributed by atoms with E-state index in [4.69, 9.17) is 0 Å². The van der Waals surface area contributed by atoms with Crippen molar-refractivity contribution in [3.63, 3.8) is 0 Å². The van der Waals surface area contributed by atoms with Gasteiger partial charge in [-0.25, -0.2) is 18.1 Å². The molecular weight excluding hydrogens is 330 g/mol. The zero-order valence-corrected chi connectivity index (χ0v) is 12.7. The topological polar surface area (TPSA) is 64.0 Å². The standard InChI is InChI=1S/C12H14BrN3O2S/c1-10(8-16-6-5-14-9-16)15-19(17,18)12-4-2-3-11(13)7-12/h2-7,9-10,15H,8H2,1H3. The zero-order valence-electron chi connectivity index (χ0n) is 10.3. The normalized spacial score (nSPS) is 13.4.